The van der Waals surface area contributed by atoms with Crippen molar-refractivity contribution in [2.24, 2.45) is 0 Å². The van der Waals surface area contributed by atoms with E-state index in [0.29, 0.717) is 22.2 Å². The molecule has 0 spiro atoms. The lowest BCUT2D eigenvalue weighted by molar-refractivity contribution is -0.124. The first-order valence-corrected chi connectivity index (χ1v) is 14.5. The monoisotopic (exact) mass is 626 g/mol. The molecule has 1 atom stereocenters. The lowest BCUT2D eigenvalue weighted by Gasteiger charge is -2.28. The smallest absolute Gasteiger partial charge is 0.260 e. The van der Waals surface area contributed by atoms with Gasteiger partial charge in [-0.25, -0.2) is 18.3 Å². The van der Waals surface area contributed by atoms with Crippen molar-refractivity contribution in [3.63, 3.8) is 0 Å². The molecule has 2 aromatic carbocycles. The van der Waals surface area contributed by atoms with E-state index in [1.807, 2.05) is 31.2 Å². The number of imidazole rings is 1. The zero-order valence-corrected chi connectivity index (χ0v) is 24.3. The van der Waals surface area contributed by atoms with Gasteiger partial charge < -0.3 is 0 Å². The zero-order chi connectivity index (χ0) is 27.1. The van der Waals surface area contributed by atoms with Crippen molar-refractivity contribution >= 4 is 72.5 Å². The fourth-order valence-corrected chi connectivity index (χ4v) is 7.05. The topological polar surface area (TPSA) is 92.6 Å². The Labute approximate surface area is 234 Å². The largest absolute Gasteiger partial charge is 0.299 e. The van der Waals surface area contributed by atoms with E-state index in [9.17, 15) is 18.0 Å². The molecule has 0 radical (unpaired) electrons. The number of benzene rings is 2. The number of ketones is 1. The van der Waals surface area contributed by atoms with Gasteiger partial charge in [0, 0.05) is 27.5 Å². The summed E-state index contributed by atoms with van der Waals surface area (Å²) >= 11 is 15.9. The Morgan fingerprint density at radius 2 is 1.76 bits per heavy atom. The van der Waals surface area contributed by atoms with E-state index in [-0.39, 0.29) is 42.2 Å². The second-order valence-corrected chi connectivity index (χ2v) is 12.8. The first-order chi connectivity index (χ1) is 17.4. The molecule has 1 amide bonds. The average molecular weight is 628 g/mol. The first-order valence-electron chi connectivity index (χ1n) is 11.5. The molecule has 2 heterocycles. The molecule has 0 aliphatic carbocycles. The molecule has 1 aliphatic rings. The van der Waals surface area contributed by atoms with E-state index in [1.165, 1.54) is 22.6 Å². The number of fused-ring (bicyclic) bond motifs is 1. The maximum Gasteiger partial charge on any atom is 0.260 e. The number of rotatable bonds is 9. The van der Waals surface area contributed by atoms with Crippen LogP contribution in [-0.2, 0) is 31.6 Å². The second-order valence-electron chi connectivity index (χ2n) is 9.12. The van der Waals surface area contributed by atoms with Gasteiger partial charge in [0.2, 0.25) is 5.95 Å². The predicted octanol–water partition coefficient (Wildman–Crippen LogP) is 5.58. The molecule has 4 rings (SSSR count). The summed E-state index contributed by atoms with van der Waals surface area (Å²) in [5, 5.41) is 0.470. The third-order valence-electron chi connectivity index (χ3n) is 6.11. The summed E-state index contributed by atoms with van der Waals surface area (Å²) in [5.41, 5.74) is -0.167. The van der Waals surface area contributed by atoms with E-state index in [2.05, 4.69) is 20.9 Å². The Hall–Kier alpha value is -2.24. The molecule has 1 aromatic heterocycles. The quantitative estimate of drug-likeness (QED) is 0.309. The van der Waals surface area contributed by atoms with E-state index < -0.39 is 15.6 Å². The summed E-state index contributed by atoms with van der Waals surface area (Å²) < 4.78 is 31.2. The number of aromatic nitrogens is 2. The van der Waals surface area contributed by atoms with Crippen LogP contribution in [-0.4, -0.2) is 47.1 Å². The molecule has 12 heteroatoms. The van der Waals surface area contributed by atoms with Crippen LogP contribution in [0, 0.1) is 0 Å². The number of carbonyl (C=O) groups is 2. The van der Waals surface area contributed by atoms with Gasteiger partial charge in [-0.2, -0.15) is 4.31 Å². The van der Waals surface area contributed by atoms with Crippen LogP contribution in [0.4, 0.5) is 11.6 Å². The summed E-state index contributed by atoms with van der Waals surface area (Å²) in [6.45, 7) is 4.72. The molecular formula is C25H25BrCl2N4O4S. The van der Waals surface area contributed by atoms with Crippen molar-refractivity contribution in [3.8, 4) is 0 Å². The maximum atomic E-state index is 14.1. The Bertz CT molecular complexity index is 1460. The SMILES string of the molecule is CCCN(CC(C)=O)S(=O)(=O)c1cnc2n1[C@](C)(Cc1ccc(Br)cc1)C(=O)N2c1cc(Cl)cc(Cl)c1. The van der Waals surface area contributed by atoms with Gasteiger partial charge in [0.05, 0.1) is 18.4 Å². The normalized spacial score (nSPS) is 17.5. The Morgan fingerprint density at radius 1 is 1.14 bits per heavy atom. The van der Waals surface area contributed by atoms with Gasteiger partial charge in [0.15, 0.2) is 5.03 Å². The van der Waals surface area contributed by atoms with Crippen LogP contribution in [0.1, 0.15) is 32.8 Å². The highest BCUT2D eigenvalue weighted by atomic mass is 79.9. The minimum absolute atomic E-state index is 0.126. The van der Waals surface area contributed by atoms with Crippen LogP contribution in [0.5, 0.6) is 0 Å². The number of carbonyl (C=O) groups excluding carboxylic acids is 2. The molecule has 0 saturated heterocycles. The van der Waals surface area contributed by atoms with Crippen molar-refractivity contribution in [1.82, 2.24) is 13.9 Å². The highest BCUT2D eigenvalue weighted by Gasteiger charge is 2.52. The summed E-state index contributed by atoms with van der Waals surface area (Å²) in [6.07, 6.45) is 1.94. The van der Waals surface area contributed by atoms with Crippen LogP contribution in [0.15, 0.2) is 58.2 Å². The van der Waals surface area contributed by atoms with Gasteiger partial charge in [-0.05, 0) is 56.2 Å². The first kappa shape index (κ1) is 27.8. The number of hydrogen-bond acceptors (Lipinski definition) is 5. The molecule has 8 nitrogen and oxygen atoms in total. The third kappa shape index (κ3) is 5.22. The lowest BCUT2D eigenvalue weighted by atomic mass is 9.92. The molecule has 1 aliphatic heterocycles. The molecular weight excluding hydrogens is 603 g/mol. The van der Waals surface area contributed by atoms with Crippen molar-refractivity contribution in [3.05, 3.63) is 68.7 Å². The fraction of sp³-hybridized carbons (Fsp3) is 0.320. The van der Waals surface area contributed by atoms with Crippen LogP contribution in [0.25, 0.3) is 0 Å². The van der Waals surface area contributed by atoms with Gasteiger partial charge >= 0.3 is 0 Å². The highest BCUT2D eigenvalue weighted by Crippen LogP contribution is 2.44. The van der Waals surface area contributed by atoms with E-state index in [0.717, 1.165) is 14.3 Å². The van der Waals surface area contributed by atoms with Crippen molar-refractivity contribution in [2.45, 2.75) is 44.2 Å². The molecule has 0 bridgehead atoms. The minimum atomic E-state index is -4.18. The number of halogens is 3. The average Bonchev–Trinajstić information content (AvgIpc) is 3.33. The Balaban J connectivity index is 1.93. The predicted molar refractivity (Wildman–Crippen MR) is 147 cm³/mol. The van der Waals surface area contributed by atoms with Crippen molar-refractivity contribution < 1.29 is 18.0 Å². The number of hydrogen-bond donors (Lipinski definition) is 0. The van der Waals surface area contributed by atoms with Crippen molar-refractivity contribution in [2.75, 3.05) is 18.0 Å². The van der Waals surface area contributed by atoms with Gasteiger partial charge in [0.25, 0.3) is 15.9 Å². The molecule has 196 valence electrons. The molecule has 0 unspecified atom stereocenters. The van der Waals surface area contributed by atoms with Gasteiger partial charge in [-0.15, -0.1) is 0 Å². The summed E-state index contributed by atoms with van der Waals surface area (Å²) in [7, 11) is -4.18. The lowest BCUT2D eigenvalue weighted by Crippen LogP contribution is -2.43. The molecule has 0 saturated carbocycles. The van der Waals surface area contributed by atoms with Crippen LogP contribution < -0.4 is 4.90 Å². The van der Waals surface area contributed by atoms with Crippen LogP contribution in [0.3, 0.4) is 0 Å². The van der Waals surface area contributed by atoms with E-state index >= 15 is 0 Å². The standard InChI is InChI=1S/C25H25BrCl2N4O4S/c1-4-9-30(15-16(2)33)37(35,36)22-14-29-24-31(21-11-19(27)10-20(28)12-21)23(34)25(3,32(22)24)13-17-5-7-18(26)8-6-17/h5-8,10-12,14H,4,9,13,15H2,1-3H3/t25-/m1/s1. The number of nitrogens with zero attached hydrogens (tertiary/aromatic N) is 4. The second kappa shape index (κ2) is 10.5. The number of Topliss-reactive ketones (excluding diaryl/α,β-unsaturated/α-hetero) is 1. The third-order valence-corrected chi connectivity index (χ3v) is 8.88. The van der Waals surface area contributed by atoms with Gasteiger partial charge in [-0.1, -0.05) is 58.2 Å². The minimum Gasteiger partial charge on any atom is -0.299 e. The number of anilines is 2. The number of amides is 1. The van der Waals surface area contributed by atoms with Gasteiger partial charge in [0.1, 0.15) is 11.3 Å². The molecule has 37 heavy (non-hydrogen) atoms. The van der Waals surface area contributed by atoms with Crippen LogP contribution >= 0.6 is 39.1 Å². The summed E-state index contributed by atoms with van der Waals surface area (Å²) in [4.78, 5) is 31.7. The highest BCUT2D eigenvalue weighted by molar-refractivity contribution is 9.10. The fourth-order valence-electron chi connectivity index (χ4n) is 4.53. The Kier molecular flexibility index (Phi) is 7.88. The number of sulfonamides is 1. The summed E-state index contributed by atoms with van der Waals surface area (Å²) in [6, 6.07) is 12.1. The van der Waals surface area contributed by atoms with E-state index in [1.54, 1.807) is 25.1 Å². The zero-order valence-electron chi connectivity index (χ0n) is 20.4. The molecule has 0 N–H and O–H groups in total. The van der Waals surface area contributed by atoms with Gasteiger partial charge in [-0.3, -0.25) is 14.2 Å². The molecule has 0 fully saturated rings. The Morgan fingerprint density at radius 3 is 2.32 bits per heavy atom. The van der Waals surface area contributed by atoms with Crippen LogP contribution in [0.2, 0.25) is 10.0 Å². The summed E-state index contributed by atoms with van der Waals surface area (Å²) in [5.74, 6) is -0.551. The molecule has 3 aromatic rings. The van der Waals surface area contributed by atoms with E-state index in [4.69, 9.17) is 23.2 Å². The maximum absolute atomic E-state index is 14.1. The van der Waals surface area contributed by atoms with Crippen molar-refractivity contribution in [1.29, 1.82) is 0 Å².